The zero-order chi connectivity index (χ0) is 15.9. The van der Waals surface area contributed by atoms with Gasteiger partial charge >= 0.3 is 5.97 Å². The van der Waals surface area contributed by atoms with Crippen LogP contribution < -0.4 is 10.1 Å². The molecular formula is C14H13BrN2O4S. The second-order valence-electron chi connectivity index (χ2n) is 4.05. The van der Waals surface area contributed by atoms with Crippen LogP contribution in [0, 0.1) is 0 Å². The predicted octanol–water partition coefficient (Wildman–Crippen LogP) is 3.10. The summed E-state index contributed by atoms with van der Waals surface area (Å²) in [6.45, 7) is 1.85. The van der Waals surface area contributed by atoms with Crippen molar-refractivity contribution in [2.45, 2.75) is 6.92 Å². The van der Waals surface area contributed by atoms with Crippen molar-refractivity contribution < 1.29 is 19.1 Å². The molecule has 0 radical (unpaired) electrons. The van der Waals surface area contributed by atoms with Crippen molar-refractivity contribution in [1.29, 1.82) is 0 Å². The van der Waals surface area contributed by atoms with Crippen molar-refractivity contribution in [3.63, 3.8) is 0 Å². The van der Waals surface area contributed by atoms with Gasteiger partial charge in [0.05, 0.1) is 6.61 Å². The lowest BCUT2D eigenvalue weighted by molar-refractivity contribution is -0.118. The Morgan fingerprint density at radius 2 is 2.05 bits per heavy atom. The molecule has 1 heterocycles. The lowest BCUT2D eigenvalue weighted by atomic mass is 10.3. The number of thiazole rings is 1. The Bertz CT molecular complexity index is 657. The number of benzene rings is 1. The van der Waals surface area contributed by atoms with Crippen molar-refractivity contribution in [3.8, 4) is 5.75 Å². The van der Waals surface area contributed by atoms with Gasteiger partial charge in [-0.25, -0.2) is 9.78 Å². The zero-order valence-electron chi connectivity index (χ0n) is 11.7. The minimum atomic E-state index is -0.509. The van der Waals surface area contributed by atoms with Gasteiger partial charge in [0.15, 0.2) is 17.4 Å². The highest BCUT2D eigenvalue weighted by molar-refractivity contribution is 9.10. The standard InChI is InChI=1S/C14H13BrN2O4S/c1-2-20-13(19)11-8-22-14(16-11)17-12(18)7-21-10-5-3-9(15)4-6-10/h3-6,8H,2,7H2,1H3,(H,16,17,18). The van der Waals surface area contributed by atoms with Crippen LogP contribution in [0.2, 0.25) is 0 Å². The average Bonchev–Trinajstić information content (AvgIpc) is 2.95. The van der Waals surface area contributed by atoms with Gasteiger partial charge in [0.1, 0.15) is 5.75 Å². The quantitative estimate of drug-likeness (QED) is 0.774. The van der Waals surface area contributed by atoms with Crippen molar-refractivity contribution in [2.24, 2.45) is 0 Å². The van der Waals surface area contributed by atoms with Crippen molar-refractivity contribution >= 4 is 44.3 Å². The molecule has 6 nitrogen and oxygen atoms in total. The van der Waals surface area contributed by atoms with E-state index in [1.807, 2.05) is 12.1 Å². The van der Waals surface area contributed by atoms with E-state index in [1.165, 1.54) is 5.38 Å². The first-order valence-corrected chi connectivity index (χ1v) is 8.06. The fourth-order valence-electron chi connectivity index (χ4n) is 1.46. The van der Waals surface area contributed by atoms with Gasteiger partial charge in [-0.3, -0.25) is 10.1 Å². The SMILES string of the molecule is CCOC(=O)c1csc(NC(=O)COc2ccc(Br)cc2)n1. The predicted molar refractivity (Wildman–Crippen MR) is 86.3 cm³/mol. The maximum absolute atomic E-state index is 11.8. The van der Waals surface area contributed by atoms with Gasteiger partial charge in [0, 0.05) is 9.85 Å². The highest BCUT2D eigenvalue weighted by Crippen LogP contribution is 2.17. The molecule has 0 aliphatic rings. The topological polar surface area (TPSA) is 77.5 Å². The third-order valence-corrected chi connectivity index (χ3v) is 3.71. The van der Waals surface area contributed by atoms with E-state index in [9.17, 15) is 9.59 Å². The lowest BCUT2D eigenvalue weighted by Crippen LogP contribution is -2.20. The minimum Gasteiger partial charge on any atom is -0.484 e. The molecule has 0 saturated heterocycles. The first-order valence-electron chi connectivity index (χ1n) is 6.39. The number of carbonyl (C=O) groups is 2. The summed E-state index contributed by atoms with van der Waals surface area (Å²) in [5.41, 5.74) is 0.177. The number of carbonyl (C=O) groups excluding carboxylic acids is 2. The molecule has 1 amide bonds. The Morgan fingerprint density at radius 3 is 2.73 bits per heavy atom. The zero-order valence-corrected chi connectivity index (χ0v) is 14.1. The van der Waals surface area contributed by atoms with Gasteiger partial charge in [-0.1, -0.05) is 15.9 Å². The number of hydrogen-bond acceptors (Lipinski definition) is 6. The molecule has 116 valence electrons. The molecule has 2 rings (SSSR count). The van der Waals surface area contributed by atoms with Gasteiger partial charge in [0.2, 0.25) is 0 Å². The molecule has 0 unspecified atom stereocenters. The molecule has 0 saturated carbocycles. The third kappa shape index (κ3) is 4.81. The van der Waals surface area contributed by atoms with E-state index in [0.29, 0.717) is 10.9 Å². The monoisotopic (exact) mass is 384 g/mol. The third-order valence-electron chi connectivity index (χ3n) is 2.42. The van der Waals surface area contributed by atoms with Crippen LogP contribution in [0.3, 0.4) is 0 Å². The van der Waals surface area contributed by atoms with E-state index in [4.69, 9.17) is 9.47 Å². The molecule has 22 heavy (non-hydrogen) atoms. The number of nitrogens with zero attached hydrogens (tertiary/aromatic N) is 1. The van der Waals surface area contributed by atoms with E-state index >= 15 is 0 Å². The van der Waals surface area contributed by atoms with Gasteiger partial charge in [-0.05, 0) is 31.2 Å². The molecule has 1 aromatic carbocycles. The van der Waals surface area contributed by atoms with Crippen LogP contribution in [-0.2, 0) is 9.53 Å². The highest BCUT2D eigenvalue weighted by atomic mass is 79.9. The molecule has 1 N–H and O–H groups in total. The Morgan fingerprint density at radius 1 is 1.32 bits per heavy atom. The minimum absolute atomic E-state index is 0.143. The Hall–Kier alpha value is -1.93. The summed E-state index contributed by atoms with van der Waals surface area (Å²) in [5, 5.41) is 4.42. The first kappa shape index (κ1) is 16.4. The normalized spacial score (nSPS) is 10.1. The fourth-order valence-corrected chi connectivity index (χ4v) is 2.43. The van der Waals surface area contributed by atoms with Crippen LogP contribution >= 0.6 is 27.3 Å². The number of amides is 1. The van der Waals surface area contributed by atoms with Crippen LogP contribution in [0.1, 0.15) is 17.4 Å². The van der Waals surface area contributed by atoms with E-state index < -0.39 is 5.97 Å². The van der Waals surface area contributed by atoms with E-state index in [1.54, 1.807) is 19.1 Å². The number of anilines is 1. The second-order valence-corrected chi connectivity index (χ2v) is 5.82. The van der Waals surface area contributed by atoms with E-state index in [0.717, 1.165) is 15.8 Å². The molecule has 0 aliphatic heterocycles. The molecule has 0 atom stereocenters. The number of hydrogen-bond donors (Lipinski definition) is 1. The molecule has 0 bridgehead atoms. The van der Waals surface area contributed by atoms with Crippen molar-refractivity contribution in [2.75, 3.05) is 18.5 Å². The summed E-state index contributed by atoms with van der Waals surface area (Å²) in [4.78, 5) is 27.2. The fraction of sp³-hybridized carbons (Fsp3) is 0.214. The Kier molecular flexibility index (Phi) is 5.91. The first-order chi connectivity index (χ1) is 10.6. The summed E-state index contributed by atoms with van der Waals surface area (Å²) in [6, 6.07) is 7.14. The molecule has 0 spiro atoms. The van der Waals surface area contributed by atoms with Crippen molar-refractivity contribution in [1.82, 2.24) is 4.98 Å². The number of nitrogens with one attached hydrogen (secondary N) is 1. The maximum atomic E-state index is 11.8. The van der Waals surface area contributed by atoms with Gasteiger partial charge < -0.3 is 9.47 Å². The van der Waals surface area contributed by atoms with Crippen LogP contribution in [0.15, 0.2) is 34.1 Å². The summed E-state index contributed by atoms with van der Waals surface area (Å²) in [5.74, 6) is -0.275. The smallest absolute Gasteiger partial charge is 0.357 e. The molecule has 2 aromatic rings. The Labute approximate surface area is 139 Å². The largest absolute Gasteiger partial charge is 0.484 e. The molecule has 8 heteroatoms. The van der Waals surface area contributed by atoms with Crippen LogP contribution in [0.25, 0.3) is 0 Å². The number of halogens is 1. The van der Waals surface area contributed by atoms with Gasteiger partial charge in [0.25, 0.3) is 5.91 Å². The summed E-state index contributed by atoms with van der Waals surface area (Å²) in [7, 11) is 0. The number of aromatic nitrogens is 1. The average molecular weight is 385 g/mol. The molecule has 1 aromatic heterocycles. The van der Waals surface area contributed by atoms with Gasteiger partial charge in [-0.15, -0.1) is 11.3 Å². The van der Waals surface area contributed by atoms with Crippen LogP contribution in [0.4, 0.5) is 5.13 Å². The number of esters is 1. The lowest BCUT2D eigenvalue weighted by Gasteiger charge is -2.05. The number of ether oxygens (including phenoxy) is 2. The summed E-state index contributed by atoms with van der Waals surface area (Å²) in [6.07, 6.45) is 0. The number of rotatable bonds is 6. The van der Waals surface area contributed by atoms with E-state index in [-0.39, 0.29) is 24.8 Å². The van der Waals surface area contributed by atoms with Crippen LogP contribution in [-0.4, -0.2) is 30.1 Å². The molecule has 0 fully saturated rings. The molecular weight excluding hydrogens is 372 g/mol. The van der Waals surface area contributed by atoms with E-state index in [2.05, 4.69) is 26.2 Å². The van der Waals surface area contributed by atoms with Gasteiger partial charge in [-0.2, -0.15) is 0 Å². The summed E-state index contributed by atoms with van der Waals surface area (Å²) >= 11 is 4.47. The Balaban J connectivity index is 1.84. The van der Waals surface area contributed by atoms with Crippen LogP contribution in [0.5, 0.6) is 5.75 Å². The molecule has 0 aliphatic carbocycles. The second kappa shape index (κ2) is 7.90. The maximum Gasteiger partial charge on any atom is 0.357 e. The van der Waals surface area contributed by atoms with Crippen molar-refractivity contribution in [3.05, 3.63) is 39.8 Å². The highest BCUT2D eigenvalue weighted by Gasteiger charge is 2.13. The summed E-state index contributed by atoms with van der Waals surface area (Å²) < 4.78 is 11.1.